The van der Waals surface area contributed by atoms with Gasteiger partial charge in [0.2, 0.25) is 0 Å². The fraction of sp³-hybridized carbons (Fsp3) is 0.833. The van der Waals surface area contributed by atoms with Gasteiger partial charge in [-0.3, -0.25) is 0 Å². The maximum Gasteiger partial charge on any atom is 0.508 e. The highest BCUT2D eigenvalue weighted by atomic mass is 16.7. The Hall–Kier alpha value is -0.990. The number of rotatable bonds is 7. The van der Waals surface area contributed by atoms with Gasteiger partial charge in [-0.25, -0.2) is 4.79 Å². The molecule has 3 nitrogen and oxygen atoms in total. The molecule has 1 saturated carbocycles. The van der Waals surface area contributed by atoms with Crippen LogP contribution in [0.25, 0.3) is 0 Å². The molecular weight excluding hydrogens is 264 g/mol. The highest BCUT2D eigenvalue weighted by molar-refractivity contribution is 5.60. The van der Waals surface area contributed by atoms with Crippen LogP contribution >= 0.6 is 0 Å². The van der Waals surface area contributed by atoms with Crippen molar-refractivity contribution in [2.24, 2.45) is 23.2 Å². The second-order valence-electron chi connectivity index (χ2n) is 7.09. The lowest BCUT2D eigenvalue weighted by atomic mass is 9.75. The average molecular weight is 294 g/mol. The Balaban J connectivity index is 1.97. The van der Waals surface area contributed by atoms with E-state index in [0.29, 0.717) is 24.4 Å². The molecule has 0 aromatic heterocycles. The van der Waals surface area contributed by atoms with Crippen molar-refractivity contribution < 1.29 is 14.3 Å². The van der Waals surface area contributed by atoms with Crippen molar-refractivity contribution >= 4 is 6.16 Å². The van der Waals surface area contributed by atoms with Crippen LogP contribution in [0.4, 0.5) is 4.79 Å². The van der Waals surface area contributed by atoms with E-state index in [1.807, 2.05) is 0 Å². The van der Waals surface area contributed by atoms with Gasteiger partial charge in [0.25, 0.3) is 0 Å². The zero-order valence-corrected chi connectivity index (χ0v) is 13.9. The number of hydrogen-bond acceptors (Lipinski definition) is 3. The van der Waals surface area contributed by atoms with E-state index in [9.17, 15) is 4.79 Å². The van der Waals surface area contributed by atoms with Crippen molar-refractivity contribution in [1.82, 2.24) is 0 Å². The molecule has 0 aromatic carbocycles. The number of carbonyl (C=O) groups excluding carboxylic acids is 1. The Labute approximate surface area is 129 Å². The predicted octanol–water partition coefficient (Wildman–Crippen LogP) is 4.96. The van der Waals surface area contributed by atoms with Crippen molar-refractivity contribution in [3.63, 3.8) is 0 Å². The highest BCUT2D eigenvalue weighted by Gasteiger charge is 2.49. The minimum atomic E-state index is -0.487. The molecule has 1 fully saturated rings. The average Bonchev–Trinajstić information content (AvgIpc) is 3.11. The Kier molecular flexibility index (Phi) is 5.34. The highest BCUT2D eigenvalue weighted by Crippen LogP contribution is 2.54. The zero-order chi connectivity index (χ0) is 15.5. The smallest absolute Gasteiger partial charge is 0.434 e. The SMILES string of the molecule is CCC(C)COC(=O)OC(C(C)CC)C12C=CC(CC1)C2. The second kappa shape index (κ2) is 6.85. The summed E-state index contributed by atoms with van der Waals surface area (Å²) >= 11 is 0. The predicted molar refractivity (Wildman–Crippen MR) is 84.0 cm³/mol. The number of allylic oxidation sites excluding steroid dienone is 1. The Morgan fingerprint density at radius 2 is 2.10 bits per heavy atom. The monoisotopic (exact) mass is 294 g/mol. The number of fused-ring (bicyclic) bond motifs is 2. The van der Waals surface area contributed by atoms with Gasteiger partial charge in [-0.15, -0.1) is 0 Å². The van der Waals surface area contributed by atoms with Crippen LogP contribution < -0.4 is 0 Å². The largest absolute Gasteiger partial charge is 0.508 e. The van der Waals surface area contributed by atoms with Gasteiger partial charge in [0.1, 0.15) is 6.10 Å². The molecule has 120 valence electrons. The summed E-state index contributed by atoms with van der Waals surface area (Å²) in [5.41, 5.74) is 0.0650. The minimum absolute atomic E-state index is 0.0457. The fourth-order valence-corrected chi connectivity index (χ4v) is 3.62. The molecule has 5 unspecified atom stereocenters. The number of carbonyl (C=O) groups is 1. The standard InChI is InChI=1S/C18H30O3/c1-5-13(3)12-20-17(19)21-16(14(4)6-2)18-9-7-15(11-18)8-10-18/h7,9,13-16H,5-6,8,10-12H2,1-4H3. The lowest BCUT2D eigenvalue weighted by Crippen LogP contribution is -2.39. The molecule has 0 aliphatic heterocycles. The van der Waals surface area contributed by atoms with Crippen molar-refractivity contribution in [3.05, 3.63) is 12.2 Å². The molecule has 0 saturated heterocycles. The third-order valence-electron chi connectivity index (χ3n) is 5.46. The first kappa shape index (κ1) is 16.4. The molecule has 0 N–H and O–H groups in total. The summed E-state index contributed by atoms with van der Waals surface area (Å²) in [6.07, 6.45) is 9.62. The molecule has 0 amide bonds. The van der Waals surface area contributed by atoms with E-state index >= 15 is 0 Å². The summed E-state index contributed by atoms with van der Waals surface area (Å²) in [4.78, 5) is 12.1. The lowest BCUT2D eigenvalue weighted by molar-refractivity contribution is -0.0439. The number of hydrogen-bond donors (Lipinski definition) is 0. The van der Waals surface area contributed by atoms with E-state index < -0.39 is 6.16 Å². The van der Waals surface area contributed by atoms with Crippen LogP contribution in [0.15, 0.2) is 12.2 Å². The van der Waals surface area contributed by atoms with Crippen molar-refractivity contribution in [2.45, 2.75) is 65.9 Å². The van der Waals surface area contributed by atoms with Gasteiger partial charge in [-0.1, -0.05) is 52.7 Å². The van der Waals surface area contributed by atoms with Crippen LogP contribution in [-0.2, 0) is 9.47 Å². The van der Waals surface area contributed by atoms with Gasteiger partial charge in [0.05, 0.1) is 6.61 Å². The van der Waals surface area contributed by atoms with E-state index in [1.54, 1.807) is 0 Å². The summed E-state index contributed by atoms with van der Waals surface area (Å²) in [5, 5.41) is 0. The van der Waals surface area contributed by atoms with Gasteiger partial charge < -0.3 is 9.47 Å². The fourth-order valence-electron chi connectivity index (χ4n) is 3.62. The molecule has 0 spiro atoms. The Morgan fingerprint density at radius 1 is 1.33 bits per heavy atom. The summed E-state index contributed by atoms with van der Waals surface area (Å²) in [6.45, 7) is 8.98. The van der Waals surface area contributed by atoms with E-state index in [2.05, 4.69) is 39.8 Å². The molecule has 0 radical (unpaired) electrons. The van der Waals surface area contributed by atoms with Crippen LogP contribution in [0.5, 0.6) is 0 Å². The van der Waals surface area contributed by atoms with Gasteiger partial charge in [0.15, 0.2) is 0 Å². The molecule has 2 aliphatic carbocycles. The molecule has 2 aliphatic rings. The van der Waals surface area contributed by atoms with Crippen LogP contribution in [-0.4, -0.2) is 18.9 Å². The Bertz CT molecular complexity index is 390. The lowest BCUT2D eigenvalue weighted by Gasteiger charge is -2.36. The summed E-state index contributed by atoms with van der Waals surface area (Å²) < 4.78 is 11.1. The first-order valence-electron chi connectivity index (χ1n) is 8.53. The first-order chi connectivity index (χ1) is 10.0. The molecule has 0 heterocycles. The molecule has 2 bridgehead atoms. The van der Waals surface area contributed by atoms with Crippen molar-refractivity contribution in [3.8, 4) is 0 Å². The van der Waals surface area contributed by atoms with Crippen molar-refractivity contribution in [2.75, 3.05) is 6.61 Å². The van der Waals surface area contributed by atoms with E-state index in [4.69, 9.17) is 9.47 Å². The summed E-state index contributed by atoms with van der Waals surface area (Å²) in [5.74, 6) is 1.44. The van der Waals surface area contributed by atoms with Crippen LogP contribution in [0, 0.1) is 23.2 Å². The van der Waals surface area contributed by atoms with Gasteiger partial charge >= 0.3 is 6.16 Å². The van der Waals surface area contributed by atoms with Gasteiger partial charge in [-0.2, -0.15) is 0 Å². The molecule has 3 heteroatoms. The molecule has 5 atom stereocenters. The summed E-state index contributed by atoms with van der Waals surface area (Å²) in [7, 11) is 0. The molecule has 0 aromatic rings. The van der Waals surface area contributed by atoms with Crippen LogP contribution in [0.2, 0.25) is 0 Å². The van der Waals surface area contributed by atoms with Crippen molar-refractivity contribution in [1.29, 1.82) is 0 Å². The normalized spacial score (nSPS) is 31.0. The maximum absolute atomic E-state index is 12.1. The topological polar surface area (TPSA) is 35.5 Å². The third kappa shape index (κ3) is 3.61. The van der Waals surface area contributed by atoms with Gasteiger partial charge in [-0.05, 0) is 37.0 Å². The van der Waals surface area contributed by atoms with E-state index in [1.165, 1.54) is 6.42 Å². The van der Waals surface area contributed by atoms with Crippen LogP contribution in [0.1, 0.15) is 59.8 Å². The van der Waals surface area contributed by atoms with E-state index in [0.717, 1.165) is 25.7 Å². The minimum Gasteiger partial charge on any atom is -0.434 e. The summed E-state index contributed by atoms with van der Waals surface area (Å²) in [6, 6.07) is 0. The van der Waals surface area contributed by atoms with Crippen LogP contribution in [0.3, 0.4) is 0 Å². The molecule has 2 rings (SSSR count). The maximum atomic E-state index is 12.1. The quantitative estimate of drug-likeness (QED) is 0.492. The first-order valence-corrected chi connectivity index (χ1v) is 8.53. The molecular formula is C18H30O3. The molecule has 21 heavy (non-hydrogen) atoms. The zero-order valence-electron chi connectivity index (χ0n) is 13.9. The van der Waals surface area contributed by atoms with E-state index in [-0.39, 0.29) is 11.5 Å². The second-order valence-corrected chi connectivity index (χ2v) is 7.09. The van der Waals surface area contributed by atoms with Gasteiger partial charge in [0, 0.05) is 5.41 Å². The Morgan fingerprint density at radius 3 is 2.57 bits per heavy atom. The third-order valence-corrected chi connectivity index (χ3v) is 5.46. The number of ether oxygens (including phenoxy) is 2.